The molecular formula is C26H38N4O6S. The topological polar surface area (TPSA) is 156 Å². The van der Waals surface area contributed by atoms with Gasteiger partial charge >= 0.3 is 0 Å². The highest BCUT2D eigenvalue weighted by atomic mass is 32.2. The maximum absolute atomic E-state index is 13.5. The minimum atomic E-state index is -4.09. The Bertz CT molecular complexity index is 1150. The summed E-state index contributed by atoms with van der Waals surface area (Å²) in [6.45, 7) is 9.00. The van der Waals surface area contributed by atoms with Crippen molar-refractivity contribution in [3.05, 3.63) is 70.3 Å². The number of nitrogens with two attached hydrogens (primary N) is 1. The number of hydrogen-bond donors (Lipinski definition) is 3. The van der Waals surface area contributed by atoms with Crippen LogP contribution in [0.3, 0.4) is 0 Å². The average Bonchev–Trinajstić information content (AvgIpc) is 2.82. The van der Waals surface area contributed by atoms with Crippen molar-refractivity contribution in [3.8, 4) is 0 Å². The predicted octanol–water partition coefficient (Wildman–Crippen LogP) is 2.70. The largest absolute Gasteiger partial charge is 0.390 e. The zero-order chi connectivity index (χ0) is 28.0. The number of amides is 1. The van der Waals surface area contributed by atoms with Crippen molar-refractivity contribution in [1.82, 2.24) is 9.62 Å². The van der Waals surface area contributed by atoms with E-state index in [1.54, 1.807) is 0 Å². The van der Waals surface area contributed by atoms with Crippen molar-refractivity contribution in [2.24, 2.45) is 17.1 Å². The first-order valence-electron chi connectivity index (χ1n) is 12.2. The second-order valence-corrected chi connectivity index (χ2v) is 12.6. The van der Waals surface area contributed by atoms with Gasteiger partial charge in [-0.05, 0) is 35.4 Å². The number of nitrogens with one attached hydrogen (secondary N) is 1. The molecule has 0 saturated heterocycles. The first-order chi connectivity index (χ1) is 17.1. The maximum Gasteiger partial charge on any atom is 0.269 e. The molecule has 0 aliphatic rings. The second kappa shape index (κ2) is 12.6. The molecule has 1 amide bonds. The smallest absolute Gasteiger partial charge is 0.269 e. The summed E-state index contributed by atoms with van der Waals surface area (Å²) in [5, 5.41) is 25.1. The Balaban J connectivity index is 2.36. The van der Waals surface area contributed by atoms with Gasteiger partial charge in [0.1, 0.15) is 0 Å². The summed E-state index contributed by atoms with van der Waals surface area (Å²) < 4.78 is 28.1. The fraction of sp³-hybridized carbons (Fsp3) is 0.500. The molecule has 0 aromatic heterocycles. The van der Waals surface area contributed by atoms with Gasteiger partial charge in [-0.25, -0.2) is 8.42 Å². The van der Waals surface area contributed by atoms with Crippen molar-refractivity contribution in [2.45, 2.75) is 64.1 Å². The van der Waals surface area contributed by atoms with Crippen molar-refractivity contribution >= 4 is 21.6 Å². The standard InChI is InChI=1S/C26H38N4O6S/c1-18(2)16-29(37(35,36)21-13-11-20(12-14-21)30(33)34)17-23(31)22(15-19-9-7-6-8-10-19)28-25(32)24(27)26(3,4)5/h6-14,18,22-24,31H,15-17,27H2,1-5H3,(H,28,32). The molecule has 10 nitrogen and oxygen atoms in total. The number of sulfonamides is 1. The summed E-state index contributed by atoms with van der Waals surface area (Å²) in [6.07, 6.45) is -1.000. The average molecular weight is 535 g/mol. The number of benzene rings is 2. The highest BCUT2D eigenvalue weighted by Gasteiger charge is 2.34. The number of nitro benzene ring substituents is 1. The predicted molar refractivity (Wildman–Crippen MR) is 142 cm³/mol. The Morgan fingerprint density at radius 2 is 1.65 bits per heavy atom. The van der Waals surface area contributed by atoms with Crippen LogP contribution in [0.1, 0.15) is 40.2 Å². The molecule has 204 valence electrons. The van der Waals surface area contributed by atoms with Crippen molar-refractivity contribution in [2.75, 3.05) is 13.1 Å². The van der Waals surface area contributed by atoms with Crippen LogP contribution in [0.15, 0.2) is 59.5 Å². The van der Waals surface area contributed by atoms with E-state index in [-0.39, 0.29) is 36.0 Å². The van der Waals surface area contributed by atoms with Gasteiger partial charge < -0.3 is 16.2 Å². The highest BCUT2D eigenvalue weighted by molar-refractivity contribution is 7.89. The van der Waals surface area contributed by atoms with Crippen molar-refractivity contribution < 1.29 is 23.2 Å². The van der Waals surface area contributed by atoms with Gasteiger partial charge in [0.25, 0.3) is 5.69 Å². The van der Waals surface area contributed by atoms with Crippen LogP contribution in [0.2, 0.25) is 0 Å². The Labute approximate surface area is 219 Å². The van der Waals surface area contributed by atoms with Gasteiger partial charge in [0.2, 0.25) is 15.9 Å². The monoisotopic (exact) mass is 534 g/mol. The fourth-order valence-corrected chi connectivity index (χ4v) is 5.34. The van der Waals surface area contributed by atoms with Crippen LogP contribution in [-0.2, 0) is 21.2 Å². The molecule has 3 atom stereocenters. The Hall–Kier alpha value is -2.86. The molecule has 0 spiro atoms. The molecular weight excluding hydrogens is 496 g/mol. The molecule has 2 aromatic carbocycles. The van der Waals surface area contributed by atoms with E-state index < -0.39 is 44.5 Å². The maximum atomic E-state index is 13.5. The quantitative estimate of drug-likeness (QED) is 0.279. The molecule has 0 bridgehead atoms. The Morgan fingerprint density at radius 1 is 1.08 bits per heavy atom. The summed E-state index contributed by atoms with van der Waals surface area (Å²) in [4.78, 5) is 23.2. The molecule has 2 rings (SSSR count). The number of nitrogens with zero attached hydrogens (tertiary/aromatic N) is 2. The summed E-state index contributed by atoms with van der Waals surface area (Å²) in [5.74, 6) is -0.516. The van der Waals surface area contributed by atoms with Gasteiger partial charge in [0.15, 0.2) is 0 Å². The van der Waals surface area contributed by atoms with Crippen molar-refractivity contribution in [1.29, 1.82) is 0 Å². The fourth-order valence-electron chi connectivity index (χ4n) is 3.72. The number of aliphatic hydroxyl groups excluding tert-OH is 1. The van der Waals surface area contributed by atoms with E-state index in [4.69, 9.17) is 5.73 Å². The van der Waals surface area contributed by atoms with Crippen LogP contribution in [0, 0.1) is 21.4 Å². The molecule has 0 radical (unpaired) electrons. The molecule has 0 saturated carbocycles. The van der Waals surface area contributed by atoms with Crippen molar-refractivity contribution in [3.63, 3.8) is 0 Å². The minimum absolute atomic E-state index is 0.0727. The minimum Gasteiger partial charge on any atom is -0.390 e. The summed E-state index contributed by atoms with van der Waals surface area (Å²) in [7, 11) is -4.09. The number of hydrogen-bond acceptors (Lipinski definition) is 7. The highest BCUT2D eigenvalue weighted by Crippen LogP contribution is 2.22. The van der Waals surface area contributed by atoms with Gasteiger partial charge in [0, 0.05) is 25.2 Å². The third kappa shape index (κ3) is 8.60. The number of nitro groups is 1. The van der Waals surface area contributed by atoms with E-state index in [2.05, 4.69) is 5.32 Å². The number of non-ortho nitro benzene ring substituents is 1. The lowest BCUT2D eigenvalue weighted by molar-refractivity contribution is -0.384. The molecule has 2 aromatic rings. The van der Waals surface area contributed by atoms with Gasteiger partial charge in [-0.3, -0.25) is 14.9 Å². The molecule has 0 fully saturated rings. The molecule has 3 unspecified atom stereocenters. The molecule has 0 heterocycles. The summed E-state index contributed by atoms with van der Waals surface area (Å²) in [6, 6.07) is 12.2. The van der Waals surface area contributed by atoms with E-state index in [0.717, 1.165) is 22.0 Å². The molecule has 4 N–H and O–H groups in total. The molecule has 37 heavy (non-hydrogen) atoms. The van der Waals surface area contributed by atoms with Crippen LogP contribution < -0.4 is 11.1 Å². The molecule has 0 aliphatic heterocycles. The summed E-state index contributed by atoms with van der Waals surface area (Å²) >= 11 is 0. The number of carbonyl (C=O) groups is 1. The lowest BCUT2D eigenvalue weighted by Gasteiger charge is -2.33. The van der Waals surface area contributed by atoms with Crippen LogP contribution in [0.25, 0.3) is 0 Å². The third-order valence-corrected chi connectivity index (χ3v) is 7.80. The molecule has 11 heteroatoms. The van der Waals surface area contributed by atoms with E-state index >= 15 is 0 Å². The van der Waals surface area contributed by atoms with Gasteiger partial charge in [-0.2, -0.15) is 4.31 Å². The van der Waals surface area contributed by atoms with E-state index in [1.165, 1.54) is 12.1 Å². The van der Waals surface area contributed by atoms with Gasteiger partial charge in [-0.15, -0.1) is 0 Å². The second-order valence-electron chi connectivity index (χ2n) is 10.7. The molecule has 0 aliphatic carbocycles. The van der Waals surface area contributed by atoms with Crippen LogP contribution >= 0.6 is 0 Å². The Morgan fingerprint density at radius 3 is 2.14 bits per heavy atom. The first-order valence-corrected chi connectivity index (χ1v) is 13.6. The van der Waals surface area contributed by atoms with E-state index in [1.807, 2.05) is 65.0 Å². The third-order valence-electron chi connectivity index (χ3n) is 5.95. The Kier molecular flexibility index (Phi) is 10.3. The van der Waals surface area contributed by atoms with Gasteiger partial charge in [0.05, 0.1) is 28.0 Å². The SMILES string of the molecule is CC(C)CN(CC(O)C(Cc1ccccc1)NC(=O)C(N)C(C)(C)C)S(=O)(=O)c1ccc([N+](=O)[O-])cc1. The number of rotatable bonds is 12. The summed E-state index contributed by atoms with van der Waals surface area (Å²) in [5.41, 5.74) is 6.24. The van der Waals surface area contributed by atoms with Crippen LogP contribution in [0.4, 0.5) is 5.69 Å². The number of aliphatic hydroxyl groups is 1. The van der Waals surface area contributed by atoms with E-state index in [9.17, 15) is 28.4 Å². The van der Waals surface area contributed by atoms with Gasteiger partial charge in [-0.1, -0.05) is 65.0 Å². The normalized spacial score (nSPS) is 14.8. The lowest BCUT2D eigenvalue weighted by Crippen LogP contribution is -2.56. The van der Waals surface area contributed by atoms with E-state index in [0.29, 0.717) is 0 Å². The zero-order valence-corrected chi connectivity index (χ0v) is 22.8. The van der Waals surface area contributed by atoms with Crippen LogP contribution in [0.5, 0.6) is 0 Å². The lowest BCUT2D eigenvalue weighted by atomic mass is 9.86. The first kappa shape index (κ1) is 30.4. The zero-order valence-electron chi connectivity index (χ0n) is 22.0. The number of carbonyl (C=O) groups excluding carboxylic acids is 1. The van der Waals surface area contributed by atoms with Crippen LogP contribution in [-0.4, -0.2) is 59.9 Å².